The molecule has 0 aliphatic carbocycles. The van der Waals surface area contributed by atoms with Crippen LogP contribution in [-0.2, 0) is 11.2 Å². The quantitative estimate of drug-likeness (QED) is 0.670. The number of para-hydroxylation sites is 2. The Bertz CT molecular complexity index is 1050. The Balaban J connectivity index is 1.44. The maximum Gasteiger partial charge on any atom is 0.258 e. The van der Waals surface area contributed by atoms with Crippen LogP contribution in [0.1, 0.15) is 22.8 Å². The van der Waals surface area contributed by atoms with E-state index in [-0.39, 0.29) is 11.8 Å². The van der Waals surface area contributed by atoms with Crippen molar-refractivity contribution in [2.75, 3.05) is 34.8 Å². The second kappa shape index (κ2) is 8.82. The highest BCUT2D eigenvalue weighted by Crippen LogP contribution is 2.27. The number of carbonyl (C=O) groups excluding carboxylic acids is 2. The second-order valence-electron chi connectivity index (χ2n) is 7.31. The van der Waals surface area contributed by atoms with Crippen molar-refractivity contribution in [3.63, 3.8) is 0 Å². The average Bonchev–Trinajstić information content (AvgIpc) is 3.18. The molecule has 30 heavy (non-hydrogen) atoms. The molecule has 0 atom stereocenters. The van der Waals surface area contributed by atoms with Crippen LogP contribution in [0.25, 0.3) is 0 Å². The molecule has 3 aromatic rings. The van der Waals surface area contributed by atoms with Gasteiger partial charge in [0.25, 0.3) is 5.91 Å². The van der Waals surface area contributed by atoms with Crippen LogP contribution in [-0.4, -0.2) is 31.4 Å². The van der Waals surface area contributed by atoms with Crippen molar-refractivity contribution in [2.24, 2.45) is 0 Å². The topological polar surface area (TPSA) is 52.7 Å². The van der Waals surface area contributed by atoms with E-state index < -0.39 is 0 Å². The van der Waals surface area contributed by atoms with Crippen LogP contribution in [0.2, 0.25) is 0 Å². The highest BCUT2D eigenvalue weighted by atomic mass is 16.2. The molecule has 5 heteroatoms. The minimum atomic E-state index is -0.0910. The lowest BCUT2D eigenvalue weighted by Gasteiger charge is -2.21. The monoisotopic (exact) mass is 399 g/mol. The number of nitrogens with zero attached hydrogens (tertiary/aromatic N) is 2. The first-order valence-electron chi connectivity index (χ1n) is 10.3. The molecule has 0 radical (unpaired) electrons. The van der Waals surface area contributed by atoms with Gasteiger partial charge in [0, 0.05) is 35.7 Å². The maximum atomic E-state index is 13.0. The molecule has 1 N–H and O–H groups in total. The number of hydrogen-bond donors (Lipinski definition) is 1. The highest BCUT2D eigenvalue weighted by Gasteiger charge is 2.21. The summed E-state index contributed by atoms with van der Waals surface area (Å²) < 4.78 is 0. The molecule has 0 saturated heterocycles. The molecule has 1 heterocycles. The lowest BCUT2D eigenvalue weighted by atomic mass is 10.1. The van der Waals surface area contributed by atoms with E-state index in [0.717, 1.165) is 24.3 Å². The van der Waals surface area contributed by atoms with Crippen molar-refractivity contribution >= 4 is 28.9 Å². The molecule has 5 nitrogen and oxygen atoms in total. The van der Waals surface area contributed by atoms with Gasteiger partial charge in [-0.25, -0.2) is 0 Å². The fourth-order valence-electron chi connectivity index (χ4n) is 3.88. The summed E-state index contributed by atoms with van der Waals surface area (Å²) in [5.41, 5.74) is 4.43. The molecular formula is C25H25N3O2. The lowest BCUT2D eigenvalue weighted by molar-refractivity contribution is -0.115. The summed E-state index contributed by atoms with van der Waals surface area (Å²) in [7, 11) is 0. The zero-order valence-electron chi connectivity index (χ0n) is 17.0. The third-order valence-electron chi connectivity index (χ3n) is 5.34. The number of fused-ring (bicyclic) bond motifs is 1. The van der Waals surface area contributed by atoms with Crippen LogP contribution in [0.3, 0.4) is 0 Å². The molecule has 0 unspecified atom stereocenters. The van der Waals surface area contributed by atoms with Gasteiger partial charge in [-0.15, -0.1) is 0 Å². The Morgan fingerprint density at radius 3 is 2.53 bits per heavy atom. The maximum absolute atomic E-state index is 13.0. The molecule has 0 spiro atoms. The number of amides is 2. The summed E-state index contributed by atoms with van der Waals surface area (Å²) in [4.78, 5) is 29.5. The van der Waals surface area contributed by atoms with Gasteiger partial charge in [-0.05, 0) is 55.3 Å². The van der Waals surface area contributed by atoms with E-state index in [9.17, 15) is 9.59 Å². The van der Waals surface area contributed by atoms with E-state index >= 15 is 0 Å². The predicted octanol–water partition coefficient (Wildman–Crippen LogP) is 4.35. The van der Waals surface area contributed by atoms with Gasteiger partial charge < -0.3 is 15.1 Å². The standard InChI is InChI=1S/C25H25N3O2/c1-2-28(22-12-4-3-5-13-22)25(30)20-10-8-11-21(17-20)26-24(29)18-27-16-15-19-9-6-7-14-23(19)27/h3-14,17H,2,15-16,18H2,1H3,(H,26,29). The number of nitrogens with one attached hydrogen (secondary N) is 1. The van der Waals surface area contributed by atoms with E-state index in [0.29, 0.717) is 24.3 Å². The SMILES string of the molecule is CCN(C(=O)c1cccc(NC(=O)CN2CCc3ccccc32)c1)c1ccccc1. The van der Waals surface area contributed by atoms with Gasteiger partial charge in [-0.3, -0.25) is 9.59 Å². The fraction of sp³-hybridized carbons (Fsp3) is 0.200. The van der Waals surface area contributed by atoms with E-state index in [4.69, 9.17) is 0 Å². The van der Waals surface area contributed by atoms with Gasteiger partial charge in [0.2, 0.25) is 5.91 Å². The predicted molar refractivity (Wildman–Crippen MR) is 121 cm³/mol. The van der Waals surface area contributed by atoms with E-state index in [1.165, 1.54) is 5.56 Å². The summed E-state index contributed by atoms with van der Waals surface area (Å²) in [5, 5.41) is 2.94. The Labute approximate surface area is 176 Å². The number of benzene rings is 3. The summed E-state index contributed by atoms with van der Waals surface area (Å²) in [6.45, 7) is 3.65. The fourth-order valence-corrected chi connectivity index (χ4v) is 3.88. The van der Waals surface area contributed by atoms with Crippen LogP contribution < -0.4 is 15.1 Å². The average molecular weight is 399 g/mol. The third kappa shape index (κ3) is 4.20. The molecule has 2 amide bonds. The summed E-state index contributed by atoms with van der Waals surface area (Å²) in [6.07, 6.45) is 0.958. The largest absolute Gasteiger partial charge is 0.362 e. The second-order valence-corrected chi connectivity index (χ2v) is 7.31. The summed E-state index contributed by atoms with van der Waals surface area (Å²) >= 11 is 0. The van der Waals surface area contributed by atoms with Crippen LogP contribution in [0.15, 0.2) is 78.9 Å². The van der Waals surface area contributed by atoms with Crippen molar-refractivity contribution < 1.29 is 9.59 Å². The summed E-state index contributed by atoms with van der Waals surface area (Å²) in [6, 6.07) is 24.9. The Hall–Kier alpha value is -3.60. The van der Waals surface area contributed by atoms with Crippen LogP contribution >= 0.6 is 0 Å². The van der Waals surface area contributed by atoms with Crippen molar-refractivity contribution in [3.05, 3.63) is 90.0 Å². The third-order valence-corrected chi connectivity index (χ3v) is 5.34. The molecule has 0 fully saturated rings. The minimum Gasteiger partial charge on any atom is -0.362 e. The van der Waals surface area contributed by atoms with Gasteiger partial charge in [0.1, 0.15) is 0 Å². The first-order valence-corrected chi connectivity index (χ1v) is 10.3. The van der Waals surface area contributed by atoms with Crippen LogP contribution in [0, 0.1) is 0 Å². The smallest absolute Gasteiger partial charge is 0.258 e. The van der Waals surface area contributed by atoms with Crippen molar-refractivity contribution in [1.82, 2.24) is 0 Å². The number of anilines is 3. The Morgan fingerprint density at radius 1 is 0.967 bits per heavy atom. The van der Waals surface area contributed by atoms with Crippen molar-refractivity contribution in [1.29, 1.82) is 0 Å². The molecule has 0 saturated carbocycles. The minimum absolute atomic E-state index is 0.0896. The Morgan fingerprint density at radius 2 is 1.73 bits per heavy atom. The first kappa shape index (κ1) is 19.7. The molecule has 0 bridgehead atoms. The zero-order valence-corrected chi connectivity index (χ0v) is 17.0. The lowest BCUT2D eigenvalue weighted by Crippen LogP contribution is -2.32. The Kier molecular flexibility index (Phi) is 5.80. The molecule has 1 aliphatic rings. The van der Waals surface area contributed by atoms with Gasteiger partial charge in [0.15, 0.2) is 0 Å². The van der Waals surface area contributed by atoms with Gasteiger partial charge >= 0.3 is 0 Å². The first-order chi connectivity index (χ1) is 14.7. The van der Waals surface area contributed by atoms with E-state index in [1.807, 2.05) is 55.5 Å². The number of carbonyl (C=O) groups is 2. The zero-order chi connectivity index (χ0) is 20.9. The molecule has 3 aromatic carbocycles. The van der Waals surface area contributed by atoms with E-state index in [2.05, 4.69) is 22.3 Å². The number of hydrogen-bond acceptors (Lipinski definition) is 3. The summed E-state index contributed by atoms with van der Waals surface area (Å²) in [5.74, 6) is -0.181. The van der Waals surface area contributed by atoms with Crippen molar-refractivity contribution in [3.8, 4) is 0 Å². The van der Waals surface area contributed by atoms with E-state index in [1.54, 1.807) is 23.1 Å². The molecule has 1 aliphatic heterocycles. The van der Waals surface area contributed by atoms with Gasteiger partial charge in [-0.1, -0.05) is 42.5 Å². The molecule has 0 aromatic heterocycles. The normalized spacial score (nSPS) is 12.4. The van der Waals surface area contributed by atoms with Crippen LogP contribution in [0.5, 0.6) is 0 Å². The molecule has 152 valence electrons. The molecule has 4 rings (SSSR count). The highest BCUT2D eigenvalue weighted by molar-refractivity contribution is 6.07. The van der Waals surface area contributed by atoms with Crippen molar-refractivity contribution in [2.45, 2.75) is 13.3 Å². The number of rotatable bonds is 6. The van der Waals surface area contributed by atoms with Gasteiger partial charge in [-0.2, -0.15) is 0 Å². The van der Waals surface area contributed by atoms with Crippen LogP contribution in [0.4, 0.5) is 17.1 Å². The van der Waals surface area contributed by atoms with Gasteiger partial charge in [0.05, 0.1) is 6.54 Å². The molecular weight excluding hydrogens is 374 g/mol.